The van der Waals surface area contributed by atoms with E-state index in [2.05, 4.69) is 9.97 Å². The lowest BCUT2D eigenvalue weighted by Gasteiger charge is -2.41. The first-order valence-electron chi connectivity index (χ1n) is 17.9. The normalized spacial score (nSPS) is 14.0. The van der Waals surface area contributed by atoms with Crippen molar-refractivity contribution in [3.63, 3.8) is 0 Å². The van der Waals surface area contributed by atoms with E-state index in [0.29, 0.717) is 22.3 Å². The first-order chi connectivity index (χ1) is 25.9. The summed E-state index contributed by atoms with van der Waals surface area (Å²) in [6.07, 6.45) is 2.09. The number of hydrogen-bond acceptors (Lipinski definition) is 11. The predicted molar refractivity (Wildman–Crippen MR) is 202 cm³/mol. The highest BCUT2D eigenvalue weighted by molar-refractivity contribution is 5.96. The number of pyridine rings is 2. The van der Waals surface area contributed by atoms with Crippen LogP contribution < -0.4 is 11.5 Å². The average Bonchev–Trinajstić information content (AvgIpc) is 3.19. The van der Waals surface area contributed by atoms with Gasteiger partial charge >= 0.3 is 12.2 Å². The van der Waals surface area contributed by atoms with E-state index in [1.165, 1.54) is 24.8 Å². The van der Waals surface area contributed by atoms with Gasteiger partial charge in [-0.3, -0.25) is 19.6 Å². The third kappa shape index (κ3) is 11.3. The number of hydrogen-bond donors (Lipinski definition) is 3. The van der Waals surface area contributed by atoms with Crippen molar-refractivity contribution in [2.24, 2.45) is 23.3 Å². The zero-order chi connectivity index (χ0) is 39.2. The van der Waals surface area contributed by atoms with Crippen LogP contribution in [0.5, 0.6) is 0 Å². The van der Waals surface area contributed by atoms with Crippen molar-refractivity contribution in [3.05, 3.63) is 132 Å². The molecule has 2 aromatic carbocycles. The fraction of sp³-hybridized carbons (Fsp3) is 0.366. The summed E-state index contributed by atoms with van der Waals surface area (Å²) in [5.41, 5.74) is 15.3. The maximum Gasteiger partial charge on any atom is 0.417 e. The van der Waals surface area contributed by atoms with Crippen LogP contribution in [0.1, 0.15) is 49.9 Å². The molecule has 0 fully saturated rings. The monoisotopic (exact) mass is 738 g/mol. The number of aliphatic hydroxyl groups excluding tert-OH is 1. The fourth-order valence-electron chi connectivity index (χ4n) is 5.75. The van der Waals surface area contributed by atoms with Gasteiger partial charge in [-0.1, -0.05) is 88.4 Å². The Balaban J connectivity index is 1.88. The Morgan fingerprint density at radius 3 is 1.22 bits per heavy atom. The summed E-state index contributed by atoms with van der Waals surface area (Å²) in [7, 11) is 0. The standard InChI is InChI=1S/C41H50N6O7/c1-27(2)35(42)38(49)46(40(51)53-25-31-15-19-44-20-16-31)33(23-29-11-7-5-8-12-29)37(48)34(24-30-13-9-6-10-14-30)47(39(50)36(43)28(3)4)41(52)54-26-32-17-21-45-22-18-32/h5-22,27-28,33-37,48H,23-26,42-43H2,1-4H3/t33?,34?,35-,36-,37?/m0/s1. The molecule has 286 valence electrons. The van der Waals surface area contributed by atoms with Crippen molar-refractivity contribution in [2.75, 3.05) is 0 Å². The van der Waals surface area contributed by atoms with Gasteiger partial charge in [-0.2, -0.15) is 0 Å². The zero-order valence-corrected chi connectivity index (χ0v) is 31.1. The number of carbonyl (C=O) groups is 4. The zero-order valence-electron chi connectivity index (χ0n) is 31.1. The molecule has 2 unspecified atom stereocenters. The van der Waals surface area contributed by atoms with Gasteiger partial charge in [0.05, 0.1) is 30.3 Å². The van der Waals surface area contributed by atoms with Crippen LogP contribution in [0.3, 0.4) is 0 Å². The summed E-state index contributed by atoms with van der Waals surface area (Å²) in [5.74, 6) is -2.43. The molecule has 4 aromatic rings. The van der Waals surface area contributed by atoms with Crippen molar-refractivity contribution >= 4 is 24.0 Å². The van der Waals surface area contributed by atoms with Gasteiger partial charge in [0.1, 0.15) is 13.2 Å². The van der Waals surface area contributed by atoms with Gasteiger partial charge in [-0.25, -0.2) is 19.4 Å². The van der Waals surface area contributed by atoms with Crippen molar-refractivity contribution in [1.29, 1.82) is 0 Å². The highest BCUT2D eigenvalue weighted by atomic mass is 16.6. The fourth-order valence-corrected chi connectivity index (χ4v) is 5.75. The van der Waals surface area contributed by atoms with Crippen molar-refractivity contribution in [1.82, 2.24) is 19.8 Å². The van der Waals surface area contributed by atoms with Gasteiger partial charge < -0.3 is 26.0 Å². The van der Waals surface area contributed by atoms with Crippen LogP contribution in [0, 0.1) is 11.8 Å². The maximum absolute atomic E-state index is 14.3. The lowest BCUT2D eigenvalue weighted by atomic mass is 9.89. The molecule has 54 heavy (non-hydrogen) atoms. The van der Waals surface area contributed by atoms with Crippen LogP contribution in [-0.4, -0.2) is 79.1 Å². The highest BCUT2D eigenvalue weighted by Gasteiger charge is 2.46. The summed E-state index contributed by atoms with van der Waals surface area (Å²) in [4.78, 5) is 66.7. The molecule has 0 bridgehead atoms. The van der Waals surface area contributed by atoms with Gasteiger partial charge in [-0.15, -0.1) is 0 Å². The molecule has 0 aliphatic heterocycles. The molecule has 0 saturated heterocycles. The van der Waals surface area contributed by atoms with Crippen LogP contribution in [0.2, 0.25) is 0 Å². The lowest BCUT2D eigenvalue weighted by molar-refractivity contribution is -0.141. The third-order valence-electron chi connectivity index (χ3n) is 9.13. The Bertz CT molecular complexity index is 1650. The molecular formula is C41H50N6O7. The molecule has 0 spiro atoms. The lowest BCUT2D eigenvalue weighted by Crippen LogP contribution is -2.64. The minimum absolute atomic E-state index is 0.0848. The van der Waals surface area contributed by atoms with Crippen LogP contribution in [0.4, 0.5) is 9.59 Å². The second-order valence-electron chi connectivity index (χ2n) is 13.8. The Kier molecular flexibility index (Phi) is 15.3. The first kappa shape index (κ1) is 41.3. The number of ether oxygens (including phenoxy) is 2. The smallest absolute Gasteiger partial charge is 0.417 e. The largest absolute Gasteiger partial charge is 0.444 e. The van der Waals surface area contributed by atoms with E-state index < -0.39 is 66.1 Å². The molecular weight excluding hydrogens is 688 g/mol. The molecule has 0 saturated carbocycles. The van der Waals surface area contributed by atoms with E-state index in [4.69, 9.17) is 20.9 Å². The molecule has 13 heteroatoms. The minimum Gasteiger partial charge on any atom is -0.444 e. The van der Waals surface area contributed by atoms with E-state index in [-0.39, 0.29) is 26.1 Å². The molecule has 0 aliphatic carbocycles. The van der Waals surface area contributed by atoms with E-state index in [1.54, 1.807) is 113 Å². The Hall–Kier alpha value is -5.50. The van der Waals surface area contributed by atoms with Crippen LogP contribution in [-0.2, 0) is 45.1 Å². The van der Waals surface area contributed by atoms with Crippen molar-refractivity contribution in [2.45, 2.75) is 84.0 Å². The van der Waals surface area contributed by atoms with Crippen LogP contribution >= 0.6 is 0 Å². The number of rotatable bonds is 16. The molecule has 4 amide bonds. The van der Waals surface area contributed by atoms with Crippen LogP contribution in [0.25, 0.3) is 0 Å². The van der Waals surface area contributed by atoms with E-state index in [0.717, 1.165) is 9.80 Å². The molecule has 2 aromatic heterocycles. The second kappa shape index (κ2) is 20.1. The summed E-state index contributed by atoms with van der Waals surface area (Å²) >= 11 is 0. The minimum atomic E-state index is -1.76. The number of carbonyl (C=O) groups excluding carboxylic acids is 4. The molecule has 0 radical (unpaired) electrons. The van der Waals surface area contributed by atoms with E-state index in [1.807, 2.05) is 0 Å². The number of aliphatic hydroxyl groups is 1. The highest BCUT2D eigenvalue weighted by Crippen LogP contribution is 2.26. The van der Waals surface area contributed by atoms with Gasteiger partial charge in [0.25, 0.3) is 0 Å². The first-order valence-corrected chi connectivity index (χ1v) is 17.9. The Morgan fingerprint density at radius 1 is 0.574 bits per heavy atom. The molecule has 5 N–H and O–H groups in total. The number of nitrogens with zero attached hydrogens (tertiary/aromatic N) is 4. The van der Waals surface area contributed by atoms with Crippen molar-refractivity contribution in [3.8, 4) is 0 Å². The van der Waals surface area contributed by atoms with Crippen molar-refractivity contribution < 1.29 is 33.8 Å². The molecule has 4 rings (SSSR count). The molecule has 0 aliphatic rings. The molecule has 4 atom stereocenters. The summed E-state index contributed by atoms with van der Waals surface area (Å²) in [5, 5.41) is 12.7. The summed E-state index contributed by atoms with van der Waals surface area (Å²) in [6.45, 7) is 6.51. The van der Waals surface area contributed by atoms with Gasteiger partial charge in [0.2, 0.25) is 11.8 Å². The third-order valence-corrected chi connectivity index (χ3v) is 9.13. The number of imide groups is 2. The Morgan fingerprint density at radius 2 is 0.907 bits per heavy atom. The average molecular weight is 739 g/mol. The van der Waals surface area contributed by atoms with Gasteiger partial charge in [-0.05, 0) is 71.2 Å². The van der Waals surface area contributed by atoms with Crippen LogP contribution in [0.15, 0.2) is 110 Å². The SMILES string of the molecule is CC(C)[C@H](N)C(=O)N(C(=O)OCc1ccncc1)C(Cc1ccccc1)C(O)C(Cc1ccccc1)N(C(=O)OCc1ccncc1)C(=O)[C@@H](N)C(C)C. The second-order valence-corrected chi connectivity index (χ2v) is 13.8. The Labute approximate surface area is 316 Å². The summed E-state index contributed by atoms with van der Waals surface area (Å²) < 4.78 is 11.4. The molecule has 13 nitrogen and oxygen atoms in total. The molecule has 2 heterocycles. The quantitative estimate of drug-likeness (QED) is 0.145. The van der Waals surface area contributed by atoms with E-state index >= 15 is 0 Å². The van der Waals surface area contributed by atoms with E-state index in [9.17, 15) is 24.3 Å². The predicted octanol–water partition coefficient (Wildman–Crippen LogP) is 4.66. The topological polar surface area (TPSA) is 191 Å². The number of benzene rings is 2. The number of amides is 4. The maximum atomic E-state index is 14.3. The van der Waals surface area contributed by atoms with Gasteiger partial charge in [0.15, 0.2) is 0 Å². The number of aromatic nitrogens is 2. The summed E-state index contributed by atoms with van der Waals surface area (Å²) in [6, 6.07) is 19.3. The number of nitrogens with two attached hydrogens (primary N) is 2. The van der Waals surface area contributed by atoms with Gasteiger partial charge in [0, 0.05) is 24.8 Å².